The number of aromatic hydroxyl groups is 2. The van der Waals surface area contributed by atoms with E-state index in [1.807, 2.05) is 36.4 Å². The number of phenolic OH excluding ortho intramolecular Hbond substituents is 1. The molecule has 0 saturated heterocycles. The largest absolute Gasteiger partial charge is 0.505 e. The molecule has 0 aliphatic rings. The summed E-state index contributed by atoms with van der Waals surface area (Å²) in [6.45, 7) is 1.17. The number of hydrogen-bond acceptors (Lipinski definition) is 13. The maximum atomic E-state index is 11.3. The summed E-state index contributed by atoms with van der Waals surface area (Å²) in [5, 5.41) is 72.4. The number of ether oxygens (including phenoxy) is 2. The Morgan fingerprint density at radius 3 is 1.76 bits per heavy atom. The van der Waals surface area contributed by atoms with E-state index in [4.69, 9.17) is 9.47 Å². The van der Waals surface area contributed by atoms with Crippen molar-refractivity contribution >= 4 is 44.9 Å². The van der Waals surface area contributed by atoms with E-state index in [1.54, 1.807) is 67.6 Å². The zero-order chi connectivity index (χ0) is 34.9. The van der Waals surface area contributed by atoms with E-state index in [0.29, 0.717) is 39.2 Å². The molecule has 0 bridgehead atoms. The Kier molecular flexibility index (Phi) is 10.4. The summed E-state index contributed by atoms with van der Waals surface area (Å²) in [4.78, 5) is 0. The first-order valence-electron chi connectivity index (χ1n) is 15.5. The van der Waals surface area contributed by atoms with Crippen molar-refractivity contribution in [3.05, 3.63) is 109 Å². The molecule has 0 atom stereocenters. The number of benzene rings is 5. The minimum Gasteiger partial charge on any atom is -0.505 e. The van der Waals surface area contributed by atoms with Gasteiger partial charge >= 0.3 is 0 Å². The predicted molar refractivity (Wildman–Crippen MR) is 186 cm³/mol. The standard InChI is InChI=1S/C36H32N8O6/c1-23-34(42-38-25-11-6-3-7-12-25)36(48)44(43-23)31-14-8-13-27-26(31)15-16-28(35(27)47)39-41-30-22-32(49-19-17-45)29(21-33(30)50-20-18-46)40-37-24-9-4-2-5-10-24/h2-16,21-22,45-48H,17-20H2,1H3. The Bertz CT molecular complexity index is 2190. The average Bonchev–Trinajstić information content (AvgIpc) is 3.43. The number of phenols is 1. The van der Waals surface area contributed by atoms with Crippen molar-refractivity contribution in [1.29, 1.82) is 0 Å². The molecular formula is C36H32N8O6. The molecule has 0 aliphatic heterocycles. The molecule has 6 aromatic rings. The van der Waals surface area contributed by atoms with Crippen molar-refractivity contribution in [2.75, 3.05) is 26.4 Å². The van der Waals surface area contributed by atoms with Gasteiger partial charge in [-0.25, -0.2) is 0 Å². The molecule has 14 heteroatoms. The van der Waals surface area contributed by atoms with Crippen LogP contribution in [0.1, 0.15) is 5.69 Å². The monoisotopic (exact) mass is 672 g/mol. The fourth-order valence-corrected chi connectivity index (χ4v) is 4.92. The summed E-state index contributed by atoms with van der Waals surface area (Å²) in [6, 6.07) is 29.8. The number of aliphatic hydroxyl groups is 2. The first kappa shape index (κ1) is 33.4. The van der Waals surface area contributed by atoms with Crippen LogP contribution in [-0.2, 0) is 0 Å². The molecule has 252 valence electrons. The number of aryl methyl sites for hydroxylation is 1. The smallest absolute Gasteiger partial charge is 0.243 e. The van der Waals surface area contributed by atoms with Gasteiger partial charge in [0.2, 0.25) is 5.88 Å². The maximum Gasteiger partial charge on any atom is 0.243 e. The highest BCUT2D eigenvalue weighted by atomic mass is 16.5. The Hall–Kier alpha value is -6.51. The van der Waals surface area contributed by atoms with Crippen LogP contribution in [0.4, 0.5) is 34.1 Å². The van der Waals surface area contributed by atoms with E-state index in [0.717, 1.165) is 0 Å². The molecule has 0 saturated carbocycles. The van der Waals surface area contributed by atoms with Crippen molar-refractivity contribution in [3.8, 4) is 28.8 Å². The highest BCUT2D eigenvalue weighted by molar-refractivity contribution is 5.97. The van der Waals surface area contributed by atoms with Crippen LogP contribution in [0.3, 0.4) is 0 Å². The molecule has 6 rings (SSSR count). The minimum absolute atomic E-state index is 0.0161. The number of aliphatic hydroxyl groups excluding tert-OH is 2. The number of azo groups is 3. The van der Waals surface area contributed by atoms with Crippen LogP contribution in [0.5, 0.6) is 23.1 Å². The summed E-state index contributed by atoms with van der Waals surface area (Å²) in [5.41, 5.74) is 3.08. The number of hydrogen-bond donors (Lipinski definition) is 4. The van der Waals surface area contributed by atoms with Gasteiger partial charge in [-0.3, -0.25) is 0 Å². The van der Waals surface area contributed by atoms with E-state index in [9.17, 15) is 20.4 Å². The lowest BCUT2D eigenvalue weighted by molar-refractivity contribution is 0.198. The summed E-state index contributed by atoms with van der Waals surface area (Å²) >= 11 is 0. The van der Waals surface area contributed by atoms with Gasteiger partial charge in [-0.2, -0.15) is 20.0 Å². The zero-order valence-corrected chi connectivity index (χ0v) is 26.8. The minimum atomic E-state index is -0.253. The molecule has 50 heavy (non-hydrogen) atoms. The third kappa shape index (κ3) is 7.46. The summed E-state index contributed by atoms with van der Waals surface area (Å²) in [5.74, 6) is 0.115. The topological polar surface area (TPSA) is 191 Å². The molecule has 1 aromatic heterocycles. The number of aromatic nitrogens is 2. The van der Waals surface area contributed by atoms with Crippen molar-refractivity contribution in [2.45, 2.75) is 6.92 Å². The van der Waals surface area contributed by atoms with Crippen LogP contribution in [0.15, 0.2) is 134 Å². The first-order valence-corrected chi connectivity index (χ1v) is 15.5. The van der Waals surface area contributed by atoms with Crippen LogP contribution in [0.25, 0.3) is 16.5 Å². The van der Waals surface area contributed by atoms with E-state index >= 15 is 0 Å². The molecule has 0 amide bonds. The lowest BCUT2D eigenvalue weighted by atomic mass is 10.1. The average molecular weight is 673 g/mol. The third-order valence-corrected chi connectivity index (χ3v) is 7.28. The van der Waals surface area contributed by atoms with Gasteiger partial charge in [0.15, 0.2) is 11.4 Å². The second kappa shape index (κ2) is 15.6. The van der Waals surface area contributed by atoms with Crippen LogP contribution >= 0.6 is 0 Å². The lowest BCUT2D eigenvalue weighted by Gasteiger charge is -2.13. The highest BCUT2D eigenvalue weighted by Crippen LogP contribution is 2.44. The third-order valence-electron chi connectivity index (χ3n) is 7.28. The fraction of sp³-hybridized carbons (Fsp3) is 0.139. The highest BCUT2D eigenvalue weighted by Gasteiger charge is 2.19. The first-order chi connectivity index (χ1) is 24.5. The van der Waals surface area contributed by atoms with Gasteiger partial charge in [0.1, 0.15) is 41.8 Å². The van der Waals surface area contributed by atoms with Gasteiger partial charge in [0.25, 0.3) is 0 Å². The van der Waals surface area contributed by atoms with Gasteiger partial charge in [0, 0.05) is 22.9 Å². The zero-order valence-electron chi connectivity index (χ0n) is 26.8. The van der Waals surface area contributed by atoms with Gasteiger partial charge in [0.05, 0.1) is 36.0 Å². The van der Waals surface area contributed by atoms with E-state index in [1.165, 1.54) is 10.7 Å². The van der Waals surface area contributed by atoms with Crippen LogP contribution in [0, 0.1) is 6.92 Å². The molecule has 5 aromatic carbocycles. The molecular weight excluding hydrogens is 640 g/mol. The van der Waals surface area contributed by atoms with Gasteiger partial charge in [-0.1, -0.05) is 48.5 Å². The summed E-state index contributed by atoms with van der Waals surface area (Å²) < 4.78 is 12.8. The SMILES string of the molecule is Cc1nn(-c2cccc3c(O)c(N=Nc4cc(OCCO)c(N=Nc5ccccc5)cc4OCCO)ccc23)c(O)c1N=Nc1ccccc1. The fourth-order valence-electron chi connectivity index (χ4n) is 4.92. The van der Waals surface area contributed by atoms with Gasteiger partial charge in [-0.05, 0) is 49.4 Å². The van der Waals surface area contributed by atoms with Crippen LogP contribution < -0.4 is 9.47 Å². The molecule has 0 fully saturated rings. The van der Waals surface area contributed by atoms with Crippen molar-refractivity contribution < 1.29 is 29.9 Å². The van der Waals surface area contributed by atoms with Crippen molar-refractivity contribution in [1.82, 2.24) is 9.78 Å². The second-order valence-corrected chi connectivity index (χ2v) is 10.7. The molecule has 1 heterocycles. The molecule has 4 N–H and O–H groups in total. The number of fused-ring (bicyclic) bond motifs is 1. The lowest BCUT2D eigenvalue weighted by Crippen LogP contribution is -2.04. The number of rotatable bonds is 13. The Balaban J connectivity index is 1.34. The quantitative estimate of drug-likeness (QED) is 0.0881. The van der Waals surface area contributed by atoms with Gasteiger partial charge in [-0.15, -0.1) is 20.5 Å². The Morgan fingerprint density at radius 1 is 0.600 bits per heavy atom. The molecule has 0 radical (unpaired) electrons. The van der Waals surface area contributed by atoms with Crippen LogP contribution in [-0.4, -0.2) is 56.6 Å². The summed E-state index contributed by atoms with van der Waals surface area (Å²) in [6.07, 6.45) is 0. The summed E-state index contributed by atoms with van der Waals surface area (Å²) in [7, 11) is 0. The van der Waals surface area contributed by atoms with E-state index in [-0.39, 0.29) is 66.6 Å². The normalized spacial score (nSPS) is 11.7. The second-order valence-electron chi connectivity index (χ2n) is 10.7. The van der Waals surface area contributed by atoms with Crippen LogP contribution in [0.2, 0.25) is 0 Å². The number of nitrogens with zero attached hydrogens (tertiary/aromatic N) is 8. The molecule has 0 unspecified atom stereocenters. The molecule has 14 nitrogen and oxygen atoms in total. The Labute approximate surface area is 286 Å². The molecule has 0 spiro atoms. The van der Waals surface area contributed by atoms with Crippen molar-refractivity contribution in [3.63, 3.8) is 0 Å². The van der Waals surface area contributed by atoms with Crippen molar-refractivity contribution in [2.24, 2.45) is 30.7 Å². The van der Waals surface area contributed by atoms with Gasteiger partial charge < -0.3 is 29.9 Å². The van der Waals surface area contributed by atoms with E-state index in [2.05, 4.69) is 35.8 Å². The maximum absolute atomic E-state index is 11.3. The van der Waals surface area contributed by atoms with E-state index < -0.39 is 0 Å². The molecule has 0 aliphatic carbocycles. The Morgan fingerprint density at radius 2 is 1.16 bits per heavy atom. The predicted octanol–water partition coefficient (Wildman–Crippen LogP) is 8.73.